The second kappa shape index (κ2) is 8.01. The maximum Gasteiger partial charge on any atom is 0.316 e. The number of primary amides is 1. The van der Waals surface area contributed by atoms with Crippen molar-refractivity contribution in [2.45, 2.75) is 25.4 Å². The Labute approximate surface area is 155 Å². The summed E-state index contributed by atoms with van der Waals surface area (Å²) in [5, 5.41) is 7.23. The average molecular weight is 372 g/mol. The molecule has 1 fully saturated rings. The van der Waals surface area contributed by atoms with Crippen LogP contribution >= 0.6 is 11.3 Å². The van der Waals surface area contributed by atoms with Crippen molar-refractivity contribution in [3.8, 4) is 0 Å². The first kappa shape index (κ1) is 17.9. The van der Waals surface area contributed by atoms with Crippen LogP contribution in [-0.2, 0) is 11.3 Å². The van der Waals surface area contributed by atoms with E-state index in [4.69, 9.17) is 5.73 Å². The van der Waals surface area contributed by atoms with Crippen LogP contribution in [0, 0.1) is 0 Å². The lowest BCUT2D eigenvalue weighted by atomic mass is 10.1. The van der Waals surface area contributed by atoms with Crippen molar-refractivity contribution >= 4 is 34.9 Å². The van der Waals surface area contributed by atoms with Crippen LogP contribution in [0.4, 0.5) is 10.5 Å². The number of carbonyl (C=O) groups excluding carboxylic acids is 3. The molecule has 0 radical (unpaired) electrons. The SMILES string of the molecule is NC(=O)Nc1ccc(CNC(=O)C2CCCN2C(=O)c2cccs2)cc1. The minimum absolute atomic E-state index is 0.0838. The highest BCUT2D eigenvalue weighted by atomic mass is 32.1. The Morgan fingerprint density at radius 1 is 1.19 bits per heavy atom. The molecule has 8 heteroatoms. The van der Waals surface area contributed by atoms with Crippen LogP contribution in [0.25, 0.3) is 0 Å². The number of urea groups is 1. The number of rotatable bonds is 5. The van der Waals surface area contributed by atoms with Crippen LogP contribution in [-0.4, -0.2) is 35.3 Å². The van der Waals surface area contributed by atoms with Crippen molar-refractivity contribution in [1.29, 1.82) is 0 Å². The van der Waals surface area contributed by atoms with Gasteiger partial charge < -0.3 is 21.3 Å². The molecule has 1 aliphatic heterocycles. The second-order valence-electron chi connectivity index (χ2n) is 6.04. The quantitative estimate of drug-likeness (QED) is 0.749. The van der Waals surface area contributed by atoms with E-state index in [-0.39, 0.29) is 11.8 Å². The molecule has 1 aliphatic rings. The molecule has 26 heavy (non-hydrogen) atoms. The largest absolute Gasteiger partial charge is 0.351 e. The van der Waals surface area contributed by atoms with Crippen LogP contribution in [0.2, 0.25) is 0 Å². The predicted molar refractivity (Wildman–Crippen MR) is 99.9 cm³/mol. The van der Waals surface area contributed by atoms with E-state index in [9.17, 15) is 14.4 Å². The number of thiophene rings is 1. The molecule has 4 amide bonds. The fraction of sp³-hybridized carbons (Fsp3) is 0.278. The van der Waals surface area contributed by atoms with E-state index < -0.39 is 12.1 Å². The van der Waals surface area contributed by atoms with Gasteiger partial charge in [-0.3, -0.25) is 9.59 Å². The van der Waals surface area contributed by atoms with Gasteiger partial charge in [0.2, 0.25) is 5.91 Å². The highest BCUT2D eigenvalue weighted by molar-refractivity contribution is 7.12. The maximum atomic E-state index is 12.5. The van der Waals surface area contributed by atoms with Gasteiger partial charge in [-0.25, -0.2) is 4.79 Å². The Balaban J connectivity index is 1.57. The van der Waals surface area contributed by atoms with Crippen LogP contribution in [0.5, 0.6) is 0 Å². The van der Waals surface area contributed by atoms with Gasteiger partial charge in [-0.2, -0.15) is 0 Å². The van der Waals surface area contributed by atoms with Gasteiger partial charge in [0.1, 0.15) is 6.04 Å². The Hall–Kier alpha value is -2.87. The summed E-state index contributed by atoms with van der Waals surface area (Å²) in [6, 6.07) is 9.59. The summed E-state index contributed by atoms with van der Waals surface area (Å²) in [5.74, 6) is -0.230. The van der Waals surface area contributed by atoms with Crippen molar-refractivity contribution in [2.75, 3.05) is 11.9 Å². The number of nitrogens with two attached hydrogens (primary N) is 1. The monoisotopic (exact) mass is 372 g/mol. The van der Waals surface area contributed by atoms with E-state index in [2.05, 4.69) is 10.6 Å². The number of likely N-dealkylation sites (tertiary alicyclic amines) is 1. The zero-order valence-corrected chi connectivity index (χ0v) is 14.9. The molecule has 1 unspecified atom stereocenters. The number of hydrogen-bond donors (Lipinski definition) is 3. The predicted octanol–water partition coefficient (Wildman–Crippen LogP) is 2.16. The zero-order chi connectivity index (χ0) is 18.5. The molecular weight excluding hydrogens is 352 g/mol. The standard InChI is InChI=1S/C18H20N4O3S/c19-18(25)21-13-7-5-12(6-8-13)11-20-16(23)14-3-1-9-22(14)17(24)15-4-2-10-26-15/h2,4-8,10,14H,1,3,9,11H2,(H,20,23)(H3,19,21,25). The highest BCUT2D eigenvalue weighted by Crippen LogP contribution is 2.22. The number of benzene rings is 1. The Kier molecular flexibility index (Phi) is 5.52. The van der Waals surface area contributed by atoms with E-state index >= 15 is 0 Å². The minimum Gasteiger partial charge on any atom is -0.351 e. The molecule has 4 N–H and O–H groups in total. The molecule has 0 bridgehead atoms. The van der Waals surface area contributed by atoms with Crippen molar-refractivity contribution in [1.82, 2.24) is 10.2 Å². The van der Waals surface area contributed by atoms with E-state index in [0.717, 1.165) is 12.0 Å². The summed E-state index contributed by atoms with van der Waals surface area (Å²) < 4.78 is 0. The van der Waals surface area contributed by atoms with Crippen LogP contribution in [0.15, 0.2) is 41.8 Å². The van der Waals surface area contributed by atoms with Crippen LogP contribution in [0.3, 0.4) is 0 Å². The molecule has 3 rings (SSSR count). The third-order valence-corrected chi connectivity index (χ3v) is 5.09. The number of anilines is 1. The Bertz CT molecular complexity index is 789. The summed E-state index contributed by atoms with van der Waals surface area (Å²) in [6.45, 7) is 0.954. The number of nitrogens with one attached hydrogen (secondary N) is 2. The fourth-order valence-corrected chi connectivity index (χ4v) is 3.66. The third-order valence-electron chi connectivity index (χ3n) is 4.24. The summed E-state index contributed by atoms with van der Waals surface area (Å²) in [6.07, 6.45) is 1.49. The molecule has 7 nitrogen and oxygen atoms in total. The summed E-state index contributed by atoms with van der Waals surface area (Å²) in [7, 11) is 0. The normalized spacial score (nSPS) is 16.3. The van der Waals surface area contributed by atoms with Crippen molar-refractivity contribution in [3.05, 3.63) is 52.2 Å². The number of amides is 4. The lowest BCUT2D eigenvalue weighted by molar-refractivity contribution is -0.125. The van der Waals surface area contributed by atoms with Gasteiger partial charge in [0.05, 0.1) is 4.88 Å². The van der Waals surface area contributed by atoms with Gasteiger partial charge >= 0.3 is 6.03 Å². The topological polar surface area (TPSA) is 105 Å². The summed E-state index contributed by atoms with van der Waals surface area (Å²) in [4.78, 5) is 38.2. The average Bonchev–Trinajstić information content (AvgIpc) is 3.31. The second-order valence-corrected chi connectivity index (χ2v) is 6.99. The fourth-order valence-electron chi connectivity index (χ4n) is 2.98. The lowest BCUT2D eigenvalue weighted by Gasteiger charge is -2.23. The Morgan fingerprint density at radius 2 is 1.96 bits per heavy atom. The molecule has 0 aliphatic carbocycles. The Morgan fingerprint density at radius 3 is 2.62 bits per heavy atom. The molecule has 1 saturated heterocycles. The molecule has 1 aromatic carbocycles. The van der Waals surface area contributed by atoms with E-state index in [1.807, 2.05) is 11.4 Å². The van der Waals surface area contributed by atoms with Gasteiger partial charge in [-0.05, 0) is 42.0 Å². The smallest absolute Gasteiger partial charge is 0.316 e. The maximum absolute atomic E-state index is 12.5. The molecule has 0 saturated carbocycles. The molecule has 2 aromatic rings. The van der Waals surface area contributed by atoms with Gasteiger partial charge in [0.15, 0.2) is 0 Å². The van der Waals surface area contributed by atoms with Crippen molar-refractivity contribution in [2.24, 2.45) is 5.73 Å². The van der Waals surface area contributed by atoms with Gasteiger partial charge in [-0.15, -0.1) is 11.3 Å². The number of carbonyl (C=O) groups is 3. The van der Waals surface area contributed by atoms with Crippen LogP contribution < -0.4 is 16.4 Å². The highest BCUT2D eigenvalue weighted by Gasteiger charge is 2.34. The van der Waals surface area contributed by atoms with E-state index in [0.29, 0.717) is 30.1 Å². The van der Waals surface area contributed by atoms with E-state index in [1.54, 1.807) is 35.2 Å². The molecule has 136 valence electrons. The molecule has 2 heterocycles. The first-order chi connectivity index (χ1) is 12.5. The molecule has 1 atom stereocenters. The zero-order valence-electron chi connectivity index (χ0n) is 14.1. The molecular formula is C18H20N4O3S. The number of nitrogens with zero attached hydrogens (tertiary/aromatic N) is 1. The van der Waals surface area contributed by atoms with E-state index in [1.165, 1.54) is 11.3 Å². The molecule has 0 spiro atoms. The first-order valence-corrected chi connectivity index (χ1v) is 9.20. The van der Waals surface area contributed by atoms with Crippen molar-refractivity contribution in [3.63, 3.8) is 0 Å². The van der Waals surface area contributed by atoms with Gasteiger partial charge in [-0.1, -0.05) is 18.2 Å². The van der Waals surface area contributed by atoms with Crippen LogP contribution in [0.1, 0.15) is 28.1 Å². The first-order valence-electron chi connectivity index (χ1n) is 8.32. The lowest BCUT2D eigenvalue weighted by Crippen LogP contribution is -2.45. The number of hydrogen-bond acceptors (Lipinski definition) is 4. The summed E-state index contributed by atoms with van der Waals surface area (Å²) >= 11 is 1.39. The van der Waals surface area contributed by atoms with Gasteiger partial charge in [0.25, 0.3) is 5.91 Å². The minimum atomic E-state index is -0.622. The van der Waals surface area contributed by atoms with Gasteiger partial charge in [0, 0.05) is 18.8 Å². The molecule has 1 aromatic heterocycles. The third kappa shape index (κ3) is 4.20. The summed E-state index contributed by atoms with van der Waals surface area (Å²) in [5.41, 5.74) is 6.55. The van der Waals surface area contributed by atoms with Crippen molar-refractivity contribution < 1.29 is 14.4 Å².